The largest absolute Gasteiger partial charge is 0.361 e. The number of hydrogen-bond acceptors (Lipinski definition) is 2. The number of benzene rings is 1. The fourth-order valence-corrected chi connectivity index (χ4v) is 3.11. The average Bonchev–Trinajstić information content (AvgIpc) is 3.08. The van der Waals surface area contributed by atoms with Crippen LogP contribution in [0.3, 0.4) is 0 Å². The van der Waals surface area contributed by atoms with E-state index >= 15 is 0 Å². The van der Waals surface area contributed by atoms with E-state index in [1.54, 1.807) is 0 Å². The van der Waals surface area contributed by atoms with Crippen LogP contribution in [0, 0.1) is 0 Å². The molecule has 1 aliphatic heterocycles. The molecule has 0 radical (unpaired) electrons. The van der Waals surface area contributed by atoms with Crippen LogP contribution < -0.4 is 5.32 Å². The van der Waals surface area contributed by atoms with Crippen molar-refractivity contribution >= 4 is 10.9 Å². The first-order valence-electron chi connectivity index (χ1n) is 7.38. The monoisotopic (exact) mass is 257 g/mol. The Kier molecular flexibility index (Phi) is 3.85. The Morgan fingerprint density at radius 2 is 2.21 bits per heavy atom. The molecule has 0 spiro atoms. The number of para-hydroxylation sites is 1. The standard InChI is InChI=1S/C16H23N3/c1-2-9-19(14-7-8-17-11-14)12-13-10-18-16-6-4-3-5-15(13)16/h3-6,10,14,17-18H,2,7-9,11-12H2,1H3. The zero-order valence-corrected chi connectivity index (χ0v) is 11.7. The Morgan fingerprint density at radius 1 is 1.32 bits per heavy atom. The van der Waals surface area contributed by atoms with E-state index in [0.29, 0.717) is 6.04 Å². The van der Waals surface area contributed by atoms with Crippen LogP contribution >= 0.6 is 0 Å². The molecule has 1 aromatic carbocycles. The molecule has 0 amide bonds. The summed E-state index contributed by atoms with van der Waals surface area (Å²) in [4.78, 5) is 6.02. The van der Waals surface area contributed by atoms with E-state index in [0.717, 1.165) is 13.1 Å². The van der Waals surface area contributed by atoms with Gasteiger partial charge in [0.25, 0.3) is 0 Å². The van der Waals surface area contributed by atoms with Crippen molar-refractivity contribution in [3.05, 3.63) is 36.0 Å². The zero-order chi connectivity index (χ0) is 13.1. The molecule has 0 aliphatic carbocycles. The first-order valence-corrected chi connectivity index (χ1v) is 7.38. The highest BCUT2D eigenvalue weighted by Gasteiger charge is 2.22. The van der Waals surface area contributed by atoms with E-state index in [1.807, 2.05) is 0 Å². The lowest BCUT2D eigenvalue weighted by Crippen LogP contribution is -2.36. The van der Waals surface area contributed by atoms with Gasteiger partial charge in [-0.05, 0) is 37.6 Å². The zero-order valence-electron chi connectivity index (χ0n) is 11.7. The van der Waals surface area contributed by atoms with Crippen LogP contribution in [0.25, 0.3) is 10.9 Å². The third-order valence-electron chi connectivity index (χ3n) is 4.11. The number of aromatic amines is 1. The maximum atomic E-state index is 3.48. The van der Waals surface area contributed by atoms with Crippen molar-refractivity contribution in [3.8, 4) is 0 Å². The molecule has 102 valence electrons. The lowest BCUT2D eigenvalue weighted by molar-refractivity contribution is 0.200. The van der Waals surface area contributed by atoms with Crippen molar-refractivity contribution in [2.24, 2.45) is 0 Å². The van der Waals surface area contributed by atoms with Crippen molar-refractivity contribution in [1.82, 2.24) is 15.2 Å². The van der Waals surface area contributed by atoms with Crippen LogP contribution in [0.4, 0.5) is 0 Å². The highest BCUT2D eigenvalue weighted by atomic mass is 15.2. The Morgan fingerprint density at radius 3 is 3.00 bits per heavy atom. The summed E-state index contributed by atoms with van der Waals surface area (Å²) >= 11 is 0. The van der Waals surface area contributed by atoms with Crippen LogP contribution in [-0.2, 0) is 6.54 Å². The molecule has 19 heavy (non-hydrogen) atoms. The van der Waals surface area contributed by atoms with Gasteiger partial charge in [0, 0.05) is 36.2 Å². The number of rotatable bonds is 5. The normalized spacial score (nSPS) is 19.6. The van der Waals surface area contributed by atoms with Gasteiger partial charge < -0.3 is 10.3 Å². The molecule has 1 aliphatic rings. The summed E-state index contributed by atoms with van der Waals surface area (Å²) in [5.74, 6) is 0. The Labute approximate surface area is 115 Å². The summed E-state index contributed by atoms with van der Waals surface area (Å²) in [6, 6.07) is 9.29. The van der Waals surface area contributed by atoms with Gasteiger partial charge in [0.05, 0.1) is 0 Å². The van der Waals surface area contributed by atoms with Gasteiger partial charge >= 0.3 is 0 Å². The molecule has 2 heterocycles. The molecule has 2 aromatic rings. The van der Waals surface area contributed by atoms with E-state index in [4.69, 9.17) is 0 Å². The fourth-order valence-electron chi connectivity index (χ4n) is 3.11. The van der Waals surface area contributed by atoms with Gasteiger partial charge in [0.1, 0.15) is 0 Å². The van der Waals surface area contributed by atoms with Gasteiger partial charge in [-0.3, -0.25) is 4.90 Å². The number of H-pyrrole nitrogens is 1. The van der Waals surface area contributed by atoms with E-state index in [-0.39, 0.29) is 0 Å². The Hall–Kier alpha value is -1.32. The van der Waals surface area contributed by atoms with E-state index in [1.165, 1.54) is 42.4 Å². The van der Waals surface area contributed by atoms with E-state index in [9.17, 15) is 0 Å². The molecule has 3 nitrogen and oxygen atoms in total. The second kappa shape index (κ2) is 5.76. The minimum absolute atomic E-state index is 0.702. The number of hydrogen-bond donors (Lipinski definition) is 2. The van der Waals surface area contributed by atoms with Gasteiger partial charge in [-0.2, -0.15) is 0 Å². The van der Waals surface area contributed by atoms with Crippen molar-refractivity contribution in [1.29, 1.82) is 0 Å². The lowest BCUT2D eigenvalue weighted by atomic mass is 10.1. The number of nitrogens with zero attached hydrogens (tertiary/aromatic N) is 1. The highest BCUT2D eigenvalue weighted by Crippen LogP contribution is 2.21. The molecule has 0 saturated carbocycles. The molecule has 1 atom stereocenters. The topological polar surface area (TPSA) is 31.1 Å². The molecular formula is C16H23N3. The third-order valence-corrected chi connectivity index (χ3v) is 4.11. The molecule has 2 N–H and O–H groups in total. The maximum absolute atomic E-state index is 3.48. The minimum atomic E-state index is 0.702. The van der Waals surface area contributed by atoms with Gasteiger partial charge in [0.15, 0.2) is 0 Å². The van der Waals surface area contributed by atoms with Gasteiger partial charge in [-0.15, -0.1) is 0 Å². The van der Waals surface area contributed by atoms with Crippen LogP contribution in [0.1, 0.15) is 25.3 Å². The fraction of sp³-hybridized carbons (Fsp3) is 0.500. The number of nitrogens with one attached hydrogen (secondary N) is 2. The minimum Gasteiger partial charge on any atom is -0.361 e. The lowest BCUT2D eigenvalue weighted by Gasteiger charge is -2.27. The summed E-state index contributed by atoms with van der Waals surface area (Å²) in [7, 11) is 0. The van der Waals surface area contributed by atoms with Crippen molar-refractivity contribution in [2.45, 2.75) is 32.4 Å². The summed E-state index contributed by atoms with van der Waals surface area (Å²) in [5, 5.41) is 4.85. The highest BCUT2D eigenvalue weighted by molar-refractivity contribution is 5.82. The molecule has 1 fully saturated rings. The molecule has 3 rings (SSSR count). The first kappa shape index (κ1) is 12.7. The second-order valence-electron chi connectivity index (χ2n) is 5.48. The first-order chi connectivity index (χ1) is 9.38. The van der Waals surface area contributed by atoms with Crippen LogP contribution in [0.2, 0.25) is 0 Å². The second-order valence-corrected chi connectivity index (χ2v) is 5.48. The van der Waals surface area contributed by atoms with Crippen LogP contribution in [0.5, 0.6) is 0 Å². The third kappa shape index (κ3) is 2.67. The molecule has 0 bridgehead atoms. The SMILES string of the molecule is CCCN(Cc1c[nH]c2ccccc12)C1CCNC1. The molecule has 3 heteroatoms. The smallest absolute Gasteiger partial charge is 0.0457 e. The van der Waals surface area contributed by atoms with Crippen LogP contribution in [0.15, 0.2) is 30.5 Å². The summed E-state index contributed by atoms with van der Waals surface area (Å²) in [6.45, 7) is 6.82. The number of aromatic nitrogens is 1. The summed E-state index contributed by atoms with van der Waals surface area (Å²) in [5.41, 5.74) is 2.68. The summed E-state index contributed by atoms with van der Waals surface area (Å²) in [6.07, 6.45) is 4.68. The molecular weight excluding hydrogens is 234 g/mol. The molecule has 1 unspecified atom stereocenters. The van der Waals surface area contributed by atoms with Crippen molar-refractivity contribution < 1.29 is 0 Å². The van der Waals surface area contributed by atoms with Crippen molar-refractivity contribution in [3.63, 3.8) is 0 Å². The average molecular weight is 257 g/mol. The van der Waals surface area contributed by atoms with Gasteiger partial charge in [-0.1, -0.05) is 25.1 Å². The van der Waals surface area contributed by atoms with Gasteiger partial charge in [0.2, 0.25) is 0 Å². The van der Waals surface area contributed by atoms with Crippen molar-refractivity contribution in [2.75, 3.05) is 19.6 Å². The number of fused-ring (bicyclic) bond motifs is 1. The Bertz CT molecular complexity index is 526. The molecule has 1 aromatic heterocycles. The quantitative estimate of drug-likeness (QED) is 0.863. The summed E-state index contributed by atoms with van der Waals surface area (Å²) < 4.78 is 0. The predicted molar refractivity (Wildman–Crippen MR) is 80.3 cm³/mol. The molecule has 1 saturated heterocycles. The van der Waals surface area contributed by atoms with Gasteiger partial charge in [-0.25, -0.2) is 0 Å². The van der Waals surface area contributed by atoms with E-state index in [2.05, 4.69) is 52.6 Å². The Balaban J connectivity index is 1.80. The maximum Gasteiger partial charge on any atom is 0.0457 e. The van der Waals surface area contributed by atoms with E-state index < -0.39 is 0 Å². The van der Waals surface area contributed by atoms with Crippen LogP contribution in [-0.4, -0.2) is 35.6 Å². The predicted octanol–water partition coefficient (Wildman–Crippen LogP) is 2.74.